The summed E-state index contributed by atoms with van der Waals surface area (Å²) in [5, 5.41) is 0. The molecule has 0 unspecified atom stereocenters. The Morgan fingerprint density at radius 3 is 1.74 bits per heavy atom. The second kappa shape index (κ2) is 12.4. The highest BCUT2D eigenvalue weighted by atomic mass is 16.8. The Labute approximate surface area is 300 Å². The highest BCUT2D eigenvalue weighted by molar-refractivity contribution is 5.62. The van der Waals surface area contributed by atoms with Gasteiger partial charge < -0.3 is 33.2 Å². The summed E-state index contributed by atoms with van der Waals surface area (Å²) < 4.78 is 50.4. The van der Waals surface area contributed by atoms with Crippen LogP contribution in [-0.2, 0) is 39.8 Å². The van der Waals surface area contributed by atoms with Gasteiger partial charge in [-0.25, -0.2) is 4.79 Å². The van der Waals surface area contributed by atoms with Crippen LogP contribution in [0.4, 0.5) is 4.79 Å². The molecule has 2 heterocycles. The zero-order chi connectivity index (χ0) is 35.8. The normalized spacial score (nSPS) is 45.0. The van der Waals surface area contributed by atoms with Crippen LogP contribution in [0.25, 0.3) is 0 Å². The van der Waals surface area contributed by atoms with Gasteiger partial charge in [-0.1, -0.05) is 70.4 Å². The highest BCUT2D eigenvalue weighted by Crippen LogP contribution is 2.73. The lowest BCUT2D eigenvalue weighted by molar-refractivity contribution is -0.375. The quantitative estimate of drug-likeness (QED) is 0.272. The molecule has 0 aromatic heterocycles. The summed E-state index contributed by atoms with van der Waals surface area (Å²) in [5.41, 5.74) is -6.25. The van der Waals surface area contributed by atoms with Gasteiger partial charge in [0, 0.05) is 25.7 Å². The largest absolute Gasteiger partial charge is 0.509 e. The Kier molecular flexibility index (Phi) is 9.11. The van der Waals surface area contributed by atoms with Crippen LogP contribution in [-0.4, -0.2) is 57.4 Å². The van der Waals surface area contributed by atoms with Crippen molar-refractivity contribution in [2.24, 2.45) is 17.8 Å². The Morgan fingerprint density at radius 1 is 0.720 bits per heavy atom. The lowest BCUT2D eigenvalue weighted by atomic mass is 9.46. The van der Waals surface area contributed by atoms with Crippen LogP contribution in [0.5, 0.6) is 0 Å². The van der Waals surface area contributed by atoms with E-state index in [1.54, 1.807) is 0 Å². The Morgan fingerprint density at radius 2 is 1.22 bits per heavy atom. The van der Waals surface area contributed by atoms with Gasteiger partial charge in [0.25, 0.3) is 0 Å². The molecular formula is C42H64O8. The molecule has 9 atom stereocenters. The molecule has 2 spiro atoms. The molecule has 0 bridgehead atoms. The van der Waals surface area contributed by atoms with Gasteiger partial charge in [0.15, 0.2) is 17.2 Å². The number of fused-ring (bicyclic) bond motifs is 3. The third-order valence-corrected chi connectivity index (χ3v) is 15.1. The summed E-state index contributed by atoms with van der Waals surface area (Å²) >= 11 is 0. The van der Waals surface area contributed by atoms with E-state index in [-0.39, 0.29) is 18.6 Å². The second-order valence-electron chi connectivity index (χ2n) is 18.2. The molecule has 0 N–H and O–H groups in total. The van der Waals surface area contributed by atoms with Gasteiger partial charge in [0.05, 0.1) is 6.61 Å². The van der Waals surface area contributed by atoms with E-state index in [1.165, 1.54) is 0 Å². The van der Waals surface area contributed by atoms with Crippen LogP contribution in [0.15, 0.2) is 30.3 Å². The van der Waals surface area contributed by atoms with Gasteiger partial charge in [-0.2, -0.15) is 0 Å². The summed E-state index contributed by atoms with van der Waals surface area (Å²) in [4.78, 5) is 14.5. The van der Waals surface area contributed by atoms with Crippen molar-refractivity contribution in [3.05, 3.63) is 35.9 Å². The van der Waals surface area contributed by atoms with Crippen LogP contribution < -0.4 is 0 Å². The van der Waals surface area contributed by atoms with E-state index in [9.17, 15) is 4.79 Å². The molecular weight excluding hydrogens is 632 g/mol. The first-order valence-electron chi connectivity index (χ1n) is 19.9. The topological polar surface area (TPSA) is 81.7 Å². The predicted molar refractivity (Wildman–Crippen MR) is 190 cm³/mol. The second-order valence-corrected chi connectivity index (χ2v) is 18.2. The maximum absolute atomic E-state index is 14.5. The number of ether oxygens (including phenoxy) is 7. The number of rotatable bonds is 6. The molecule has 6 fully saturated rings. The Hall–Kier alpha value is -1.71. The average Bonchev–Trinajstić information content (AvgIpc) is 3.45. The molecule has 2 aliphatic heterocycles. The summed E-state index contributed by atoms with van der Waals surface area (Å²) in [6.07, 6.45) is 11.5. The van der Waals surface area contributed by atoms with Crippen LogP contribution >= 0.6 is 0 Å². The van der Waals surface area contributed by atoms with Crippen molar-refractivity contribution < 1.29 is 38.0 Å². The van der Waals surface area contributed by atoms with Crippen LogP contribution in [0.3, 0.4) is 0 Å². The van der Waals surface area contributed by atoms with Gasteiger partial charge in [0.2, 0.25) is 0 Å². The minimum absolute atomic E-state index is 0.225. The first-order valence-corrected chi connectivity index (χ1v) is 19.9. The molecule has 280 valence electrons. The van der Waals surface area contributed by atoms with Crippen LogP contribution in [0.2, 0.25) is 0 Å². The van der Waals surface area contributed by atoms with Gasteiger partial charge in [-0.05, 0) is 103 Å². The van der Waals surface area contributed by atoms with Crippen molar-refractivity contribution in [3.8, 4) is 0 Å². The van der Waals surface area contributed by atoms with Crippen molar-refractivity contribution in [3.63, 3.8) is 0 Å². The van der Waals surface area contributed by atoms with E-state index < -0.39 is 51.3 Å². The summed E-state index contributed by atoms with van der Waals surface area (Å²) in [6.45, 7) is 19.4. The smallest absolute Gasteiger partial charge is 0.431 e. The van der Waals surface area contributed by atoms with Crippen molar-refractivity contribution in [2.75, 3.05) is 0 Å². The van der Waals surface area contributed by atoms with E-state index in [0.717, 1.165) is 89.0 Å². The molecule has 4 aliphatic carbocycles. The molecule has 0 amide bonds. The van der Waals surface area contributed by atoms with E-state index in [1.807, 2.05) is 32.0 Å². The highest BCUT2D eigenvalue weighted by Gasteiger charge is 2.92. The minimum Gasteiger partial charge on any atom is -0.431 e. The van der Waals surface area contributed by atoms with Gasteiger partial charge >= 0.3 is 6.16 Å². The molecule has 6 aliphatic rings. The molecule has 2 saturated heterocycles. The molecule has 50 heavy (non-hydrogen) atoms. The van der Waals surface area contributed by atoms with Crippen LogP contribution in [0, 0.1) is 17.8 Å². The van der Waals surface area contributed by atoms with E-state index in [4.69, 9.17) is 33.2 Å². The maximum Gasteiger partial charge on any atom is 0.509 e. The lowest BCUT2D eigenvalue weighted by Crippen LogP contribution is -2.91. The fourth-order valence-electron chi connectivity index (χ4n) is 11.5. The predicted octanol–water partition coefficient (Wildman–Crippen LogP) is 9.80. The van der Waals surface area contributed by atoms with Gasteiger partial charge in [-0.15, -0.1) is 0 Å². The van der Waals surface area contributed by atoms with E-state index in [0.29, 0.717) is 11.8 Å². The molecule has 8 nitrogen and oxygen atoms in total. The summed E-state index contributed by atoms with van der Waals surface area (Å²) in [6, 6.07) is 10.2. The fourth-order valence-corrected chi connectivity index (χ4v) is 11.5. The monoisotopic (exact) mass is 696 g/mol. The van der Waals surface area contributed by atoms with Crippen molar-refractivity contribution >= 4 is 6.16 Å². The molecule has 4 saturated carbocycles. The zero-order valence-electron chi connectivity index (χ0n) is 32.4. The first-order chi connectivity index (χ1) is 23.5. The third kappa shape index (κ3) is 5.11. The number of hydrogen-bond acceptors (Lipinski definition) is 8. The lowest BCUT2D eigenvalue weighted by Gasteiger charge is -2.69. The molecule has 0 radical (unpaired) electrons. The molecule has 1 aromatic rings. The van der Waals surface area contributed by atoms with Crippen molar-refractivity contribution in [1.82, 2.24) is 0 Å². The zero-order valence-corrected chi connectivity index (χ0v) is 32.4. The molecule has 7 rings (SSSR count). The van der Waals surface area contributed by atoms with Gasteiger partial charge in [0.1, 0.15) is 34.1 Å². The van der Waals surface area contributed by atoms with Gasteiger partial charge in [-0.3, -0.25) is 0 Å². The Balaban J connectivity index is 1.37. The van der Waals surface area contributed by atoms with Crippen molar-refractivity contribution in [2.45, 2.75) is 204 Å². The van der Waals surface area contributed by atoms with Crippen molar-refractivity contribution in [1.29, 1.82) is 0 Å². The number of carbonyl (C=O) groups is 1. The van der Waals surface area contributed by atoms with E-state index in [2.05, 4.69) is 60.6 Å². The Bertz CT molecular complexity index is 1400. The maximum atomic E-state index is 14.5. The fraction of sp³-hybridized carbons (Fsp3) is 0.833. The number of benzene rings is 1. The van der Waals surface area contributed by atoms with E-state index >= 15 is 0 Å². The summed E-state index contributed by atoms with van der Waals surface area (Å²) in [5.74, 6) is -0.531. The number of hydrogen-bond donors (Lipinski definition) is 0. The van der Waals surface area contributed by atoms with Crippen LogP contribution in [0.1, 0.15) is 151 Å². The average molecular weight is 697 g/mol. The molecule has 8 heteroatoms. The molecule has 1 aromatic carbocycles. The first kappa shape index (κ1) is 36.6. The summed E-state index contributed by atoms with van der Waals surface area (Å²) in [7, 11) is 0. The standard InChI is InChI=1S/C42H64O8/c1-29(2)32-22-21-30(3)27-33(32)45-34(43)46-36(5)35(4,44-28-31-19-13-10-14-20-31)37(6)39(8,49-41(47-37)23-15-11-16-24-41)40(9)38(36,7)48-42(50-40)25-17-12-18-26-42/h10,13-14,19-20,29-30,32-33H,11-12,15-18,21-28H2,1-9H3/t30-,32+,33+,35+,36+,37+,38+,39+,40-/m1/s1. The number of carbonyl (C=O) groups excluding carboxylic acids is 1. The SMILES string of the molecule is CC(C)[C@@H]1CC[C@@H](C)C[C@@H]1OC(=O)O[C@@]1(C)[C@](C)(OCc2ccccc2)[C@]2(C)OC3(CCCCC3)O[C@]2(C)[C@]2(C)OC3(CCCCC3)O[C@@]12C. The minimum atomic E-state index is -1.45. The third-order valence-electron chi connectivity index (χ3n) is 15.1.